The van der Waals surface area contributed by atoms with E-state index in [2.05, 4.69) is 5.32 Å². The molecule has 0 amide bonds. The van der Waals surface area contributed by atoms with E-state index in [1.54, 1.807) is 0 Å². The zero-order chi connectivity index (χ0) is 10.0. The van der Waals surface area contributed by atoms with Crippen LogP contribution >= 0.6 is 0 Å². The molecule has 0 atom stereocenters. The second-order valence-electron chi connectivity index (χ2n) is 2.41. The van der Waals surface area contributed by atoms with Crippen molar-refractivity contribution in [3.05, 3.63) is 23.5 Å². The number of carboxylic acid groups (broad SMARTS) is 1. The normalized spacial score (nSPS) is 9.69. The topological polar surface area (TPSA) is 69.6 Å². The van der Waals surface area contributed by atoms with E-state index < -0.39 is 23.1 Å². The van der Waals surface area contributed by atoms with Gasteiger partial charge in [0, 0.05) is 18.8 Å². The summed E-state index contributed by atoms with van der Waals surface area (Å²) in [5.74, 6) is -3.04. The van der Waals surface area contributed by atoms with Crippen molar-refractivity contribution in [2.24, 2.45) is 0 Å². The molecule has 1 aromatic carbocycles. The summed E-state index contributed by atoms with van der Waals surface area (Å²) >= 11 is 0. The molecule has 1 aromatic rings. The van der Waals surface area contributed by atoms with Gasteiger partial charge in [-0.3, -0.25) is 0 Å². The summed E-state index contributed by atoms with van der Waals surface area (Å²) in [6.07, 6.45) is 0. The minimum atomic E-state index is -1.49. The van der Waals surface area contributed by atoms with E-state index in [4.69, 9.17) is 10.2 Å². The summed E-state index contributed by atoms with van der Waals surface area (Å²) in [6.45, 7) is 0. The maximum Gasteiger partial charge on any atom is 0.342 e. The molecule has 0 radical (unpaired) electrons. The lowest BCUT2D eigenvalue weighted by Crippen LogP contribution is -2.02. The molecule has 0 aliphatic carbocycles. The fourth-order valence-electron chi connectivity index (χ4n) is 0.948. The van der Waals surface area contributed by atoms with Crippen LogP contribution in [0.25, 0.3) is 0 Å². The molecule has 13 heavy (non-hydrogen) atoms. The summed E-state index contributed by atoms with van der Waals surface area (Å²) in [4.78, 5) is 10.4. The summed E-state index contributed by atoms with van der Waals surface area (Å²) in [7, 11) is 1.54. The van der Waals surface area contributed by atoms with Gasteiger partial charge in [-0.1, -0.05) is 0 Å². The van der Waals surface area contributed by atoms with Crippen molar-refractivity contribution in [3.63, 3.8) is 0 Å². The molecule has 0 spiro atoms. The smallest absolute Gasteiger partial charge is 0.342 e. The van der Waals surface area contributed by atoms with E-state index in [0.717, 1.165) is 12.1 Å². The van der Waals surface area contributed by atoms with Crippen molar-refractivity contribution >= 4 is 11.7 Å². The van der Waals surface area contributed by atoms with Crippen molar-refractivity contribution < 1.29 is 19.4 Å². The number of phenols is 1. The molecular formula is C8H8FNO3. The number of halogens is 1. The Morgan fingerprint density at radius 3 is 2.54 bits per heavy atom. The molecule has 0 aliphatic rings. The molecule has 0 heterocycles. The predicted molar refractivity (Wildman–Crippen MR) is 44.6 cm³/mol. The first-order valence-corrected chi connectivity index (χ1v) is 3.50. The highest BCUT2D eigenvalue weighted by molar-refractivity contribution is 5.91. The third-order valence-corrected chi connectivity index (χ3v) is 1.57. The van der Waals surface area contributed by atoms with Gasteiger partial charge < -0.3 is 15.5 Å². The van der Waals surface area contributed by atoms with Crippen molar-refractivity contribution in [1.82, 2.24) is 0 Å². The Balaban J connectivity index is 3.31. The molecule has 0 unspecified atom stereocenters. The lowest BCUT2D eigenvalue weighted by atomic mass is 10.1. The van der Waals surface area contributed by atoms with E-state index in [9.17, 15) is 9.18 Å². The summed E-state index contributed by atoms with van der Waals surface area (Å²) < 4.78 is 13.0. The van der Waals surface area contributed by atoms with Crippen LogP contribution in [0.4, 0.5) is 10.1 Å². The predicted octanol–water partition coefficient (Wildman–Crippen LogP) is 1.27. The molecule has 0 fully saturated rings. The zero-order valence-electron chi connectivity index (χ0n) is 6.84. The van der Waals surface area contributed by atoms with Crippen molar-refractivity contribution in [1.29, 1.82) is 0 Å². The van der Waals surface area contributed by atoms with Crippen molar-refractivity contribution in [2.45, 2.75) is 0 Å². The Kier molecular flexibility index (Phi) is 2.36. The van der Waals surface area contributed by atoms with Gasteiger partial charge in [0.1, 0.15) is 17.1 Å². The molecule has 5 heteroatoms. The highest BCUT2D eigenvalue weighted by atomic mass is 19.1. The average molecular weight is 185 g/mol. The Hall–Kier alpha value is -1.78. The highest BCUT2D eigenvalue weighted by Gasteiger charge is 2.16. The molecule has 70 valence electrons. The first-order chi connectivity index (χ1) is 6.06. The minimum Gasteiger partial charge on any atom is -0.507 e. The van der Waals surface area contributed by atoms with Gasteiger partial charge in [-0.2, -0.15) is 0 Å². The minimum absolute atomic E-state index is 0.319. The Bertz CT molecular complexity index is 328. The SMILES string of the molecule is CNc1cc(O)c(C(=O)O)c(F)c1. The molecule has 0 aromatic heterocycles. The number of carboxylic acids is 1. The first kappa shape index (κ1) is 9.31. The van der Waals surface area contributed by atoms with Gasteiger partial charge in [-0.15, -0.1) is 0 Å². The van der Waals surface area contributed by atoms with E-state index in [1.807, 2.05) is 0 Å². The average Bonchev–Trinajstić information content (AvgIpc) is 2.02. The summed E-state index contributed by atoms with van der Waals surface area (Å²) in [5.41, 5.74) is -0.390. The third kappa shape index (κ3) is 1.69. The number of aromatic carboxylic acids is 1. The van der Waals surface area contributed by atoms with Crippen LogP contribution in [-0.4, -0.2) is 23.2 Å². The van der Waals surface area contributed by atoms with Gasteiger partial charge in [0.2, 0.25) is 0 Å². The lowest BCUT2D eigenvalue weighted by Gasteiger charge is -2.04. The fraction of sp³-hybridized carbons (Fsp3) is 0.125. The number of hydrogen-bond acceptors (Lipinski definition) is 3. The van der Waals surface area contributed by atoms with Gasteiger partial charge in [0.05, 0.1) is 0 Å². The Labute approximate surface area is 73.6 Å². The number of aromatic hydroxyl groups is 1. The quantitative estimate of drug-likeness (QED) is 0.649. The monoisotopic (exact) mass is 185 g/mol. The lowest BCUT2D eigenvalue weighted by molar-refractivity contribution is 0.0688. The number of rotatable bonds is 2. The molecule has 0 saturated heterocycles. The van der Waals surface area contributed by atoms with Crippen LogP contribution in [0.2, 0.25) is 0 Å². The molecule has 4 nitrogen and oxygen atoms in total. The van der Waals surface area contributed by atoms with Gasteiger partial charge in [0.25, 0.3) is 0 Å². The second kappa shape index (κ2) is 3.30. The molecule has 3 N–H and O–H groups in total. The molecule has 0 saturated carbocycles. The summed E-state index contributed by atoms with van der Waals surface area (Å²) in [5, 5.41) is 20.2. The van der Waals surface area contributed by atoms with Gasteiger partial charge in [0.15, 0.2) is 0 Å². The van der Waals surface area contributed by atoms with E-state index in [0.29, 0.717) is 5.69 Å². The van der Waals surface area contributed by atoms with Crippen molar-refractivity contribution in [3.8, 4) is 5.75 Å². The van der Waals surface area contributed by atoms with Gasteiger partial charge in [-0.05, 0) is 6.07 Å². The molecular weight excluding hydrogens is 177 g/mol. The maximum absolute atomic E-state index is 13.0. The largest absolute Gasteiger partial charge is 0.507 e. The molecule has 0 aliphatic heterocycles. The Morgan fingerprint density at radius 1 is 1.54 bits per heavy atom. The van der Waals surface area contributed by atoms with Crippen LogP contribution in [0.1, 0.15) is 10.4 Å². The molecule has 0 bridgehead atoms. The summed E-state index contributed by atoms with van der Waals surface area (Å²) in [6, 6.07) is 2.15. The van der Waals surface area contributed by atoms with Crippen LogP contribution in [0, 0.1) is 5.82 Å². The van der Waals surface area contributed by atoms with Crippen LogP contribution in [0.3, 0.4) is 0 Å². The van der Waals surface area contributed by atoms with E-state index in [1.165, 1.54) is 7.05 Å². The number of hydrogen-bond donors (Lipinski definition) is 3. The number of benzene rings is 1. The van der Waals surface area contributed by atoms with Crippen LogP contribution < -0.4 is 5.32 Å². The van der Waals surface area contributed by atoms with Crippen LogP contribution in [0.15, 0.2) is 12.1 Å². The van der Waals surface area contributed by atoms with Gasteiger partial charge in [-0.25, -0.2) is 9.18 Å². The molecule has 1 rings (SSSR count). The standard InChI is InChI=1S/C8H8FNO3/c1-10-4-2-5(9)7(8(12)13)6(11)3-4/h2-3,10-11H,1H3,(H,12,13). The zero-order valence-corrected chi connectivity index (χ0v) is 6.84. The number of carbonyl (C=O) groups is 1. The van der Waals surface area contributed by atoms with Crippen LogP contribution in [0.5, 0.6) is 5.75 Å². The van der Waals surface area contributed by atoms with Crippen LogP contribution in [-0.2, 0) is 0 Å². The maximum atomic E-state index is 13.0. The second-order valence-corrected chi connectivity index (χ2v) is 2.41. The Morgan fingerprint density at radius 2 is 2.15 bits per heavy atom. The third-order valence-electron chi connectivity index (χ3n) is 1.57. The van der Waals surface area contributed by atoms with Crippen molar-refractivity contribution in [2.75, 3.05) is 12.4 Å². The van der Waals surface area contributed by atoms with E-state index >= 15 is 0 Å². The first-order valence-electron chi connectivity index (χ1n) is 3.50. The fourth-order valence-corrected chi connectivity index (χ4v) is 0.948. The number of nitrogens with one attached hydrogen (secondary N) is 1. The number of anilines is 1. The van der Waals surface area contributed by atoms with Gasteiger partial charge >= 0.3 is 5.97 Å². The highest BCUT2D eigenvalue weighted by Crippen LogP contribution is 2.24. The van der Waals surface area contributed by atoms with E-state index in [-0.39, 0.29) is 0 Å².